The number of amides is 1. The number of nitrogens with zero attached hydrogens (tertiary/aromatic N) is 9. The van der Waals surface area contributed by atoms with Crippen molar-refractivity contribution in [3.8, 4) is 17.2 Å². The lowest BCUT2D eigenvalue weighted by atomic mass is 9.83. The standard InChI is InChI=1S/C48H45F3N10O5/c1-25-39-36(54-61(28-7-8-34(49)30(19-28)26-5-6-26)42(39)59-17-16-58(46(59)64)38-10-9-37-33(40(38)51)23-52-56(37)4)11-15-57(25)43(62)32-21-29-20-31(27-12-18-65-47(2,3)22-27)35(50)24-60(29)41(32)48(13-14-48)44-53-45(63)66-55-44/h7-10,16-17,19-21,23-27H,5-6,11-15,18,22H2,1-4H3,(H,53,55,63)/t25-,27+/m0/s1. The summed E-state index contributed by atoms with van der Waals surface area (Å²) in [5, 5.41) is 13.6. The average Bonchev–Trinajstić information content (AvgIpc) is 4.04. The van der Waals surface area contributed by atoms with Crippen LogP contribution < -0.4 is 11.4 Å². The molecular formula is C48H45F3N10O5. The summed E-state index contributed by atoms with van der Waals surface area (Å²) >= 11 is 0. The van der Waals surface area contributed by atoms with Gasteiger partial charge in [0.2, 0.25) is 0 Å². The molecule has 2 aromatic carbocycles. The summed E-state index contributed by atoms with van der Waals surface area (Å²) in [7, 11) is 1.71. The van der Waals surface area contributed by atoms with Crippen LogP contribution >= 0.6 is 0 Å². The third kappa shape index (κ3) is 6.13. The number of halogens is 3. The monoisotopic (exact) mass is 898 g/mol. The average molecular weight is 899 g/mol. The highest BCUT2D eigenvalue weighted by atomic mass is 19.1. The smallest absolute Gasteiger partial charge is 0.376 e. The van der Waals surface area contributed by atoms with Gasteiger partial charge in [-0.25, -0.2) is 27.4 Å². The summed E-state index contributed by atoms with van der Waals surface area (Å²) in [4.78, 5) is 46.9. The van der Waals surface area contributed by atoms with Gasteiger partial charge in [0.15, 0.2) is 11.6 Å². The van der Waals surface area contributed by atoms with E-state index in [1.54, 1.807) is 56.2 Å². The molecule has 1 amide bonds. The van der Waals surface area contributed by atoms with Gasteiger partial charge in [-0.15, -0.1) is 0 Å². The Hall–Kier alpha value is -6.95. The molecule has 2 aliphatic carbocycles. The molecule has 0 bridgehead atoms. The number of carbonyl (C=O) groups excluding carboxylic acids is 1. The first-order valence-corrected chi connectivity index (χ1v) is 22.4. The number of carbonyl (C=O) groups is 1. The van der Waals surface area contributed by atoms with Gasteiger partial charge in [-0.1, -0.05) is 5.16 Å². The third-order valence-corrected chi connectivity index (χ3v) is 14.4. The molecule has 4 aliphatic rings. The molecule has 0 spiro atoms. The number of fused-ring (bicyclic) bond motifs is 3. The molecule has 1 saturated heterocycles. The number of hydrogen-bond donors (Lipinski definition) is 1. The number of aromatic nitrogens is 9. The second-order valence-corrected chi connectivity index (χ2v) is 19.0. The summed E-state index contributed by atoms with van der Waals surface area (Å²) in [6, 6.07) is 10.9. The molecule has 338 valence electrons. The van der Waals surface area contributed by atoms with E-state index in [1.165, 1.54) is 39.9 Å². The number of imidazole rings is 1. The molecular weight excluding hydrogens is 854 g/mol. The van der Waals surface area contributed by atoms with Crippen LogP contribution in [0.1, 0.15) is 121 Å². The molecule has 0 unspecified atom stereocenters. The quantitative estimate of drug-likeness (QED) is 0.165. The van der Waals surface area contributed by atoms with Crippen molar-refractivity contribution in [1.29, 1.82) is 0 Å². The minimum absolute atomic E-state index is 0.0257. The highest BCUT2D eigenvalue weighted by Gasteiger charge is 2.54. The Morgan fingerprint density at radius 2 is 1.73 bits per heavy atom. The summed E-state index contributed by atoms with van der Waals surface area (Å²) in [6.45, 7) is 6.59. The summed E-state index contributed by atoms with van der Waals surface area (Å²) < 4.78 is 66.3. The van der Waals surface area contributed by atoms with Crippen molar-refractivity contribution in [1.82, 2.24) is 48.1 Å². The van der Waals surface area contributed by atoms with Gasteiger partial charge in [0.05, 0.1) is 56.8 Å². The van der Waals surface area contributed by atoms with Gasteiger partial charge in [0.25, 0.3) is 5.91 Å². The summed E-state index contributed by atoms with van der Waals surface area (Å²) in [6.07, 6.45) is 10.2. The van der Waals surface area contributed by atoms with E-state index in [2.05, 4.69) is 15.2 Å². The van der Waals surface area contributed by atoms with E-state index in [0.29, 0.717) is 94.9 Å². The second kappa shape index (κ2) is 14.3. The van der Waals surface area contributed by atoms with E-state index >= 15 is 18.0 Å². The minimum atomic E-state index is -0.940. The molecule has 2 saturated carbocycles. The topological polar surface area (TPSA) is 155 Å². The fourth-order valence-electron chi connectivity index (χ4n) is 10.8. The Kier molecular flexibility index (Phi) is 8.77. The van der Waals surface area contributed by atoms with E-state index < -0.39 is 40.1 Å². The van der Waals surface area contributed by atoms with E-state index in [-0.39, 0.29) is 47.0 Å². The van der Waals surface area contributed by atoms with Crippen LogP contribution in [0.4, 0.5) is 13.2 Å². The third-order valence-electron chi connectivity index (χ3n) is 14.4. The lowest BCUT2D eigenvalue weighted by Gasteiger charge is -2.36. The summed E-state index contributed by atoms with van der Waals surface area (Å²) in [5.41, 5.74) is 2.86. The molecule has 0 radical (unpaired) electrons. The lowest BCUT2D eigenvalue weighted by Crippen LogP contribution is -2.40. The molecule has 1 N–H and O–H groups in total. The molecule has 6 aromatic heterocycles. The molecule has 2 aliphatic heterocycles. The molecule has 15 nitrogen and oxygen atoms in total. The number of benzene rings is 2. The maximum Gasteiger partial charge on any atom is 0.438 e. The Balaban J connectivity index is 1.00. The Labute approximate surface area is 374 Å². The molecule has 2 atom stereocenters. The molecule has 12 rings (SSSR count). The number of hydrogen-bond acceptors (Lipinski definition) is 8. The van der Waals surface area contributed by atoms with Gasteiger partial charge < -0.3 is 14.0 Å². The van der Waals surface area contributed by atoms with Crippen LogP contribution in [0, 0.1) is 17.5 Å². The van der Waals surface area contributed by atoms with Gasteiger partial charge >= 0.3 is 11.4 Å². The first kappa shape index (κ1) is 40.6. The van der Waals surface area contributed by atoms with Gasteiger partial charge in [-0.05, 0) is 125 Å². The number of pyridine rings is 1. The van der Waals surface area contributed by atoms with Crippen molar-refractivity contribution in [2.45, 2.75) is 94.6 Å². The molecule has 8 aromatic rings. The molecule has 18 heteroatoms. The molecule has 3 fully saturated rings. The van der Waals surface area contributed by atoms with Crippen molar-refractivity contribution in [2.75, 3.05) is 13.2 Å². The van der Waals surface area contributed by atoms with Gasteiger partial charge in [-0.2, -0.15) is 10.2 Å². The fraction of sp³-hybridized carbons (Fsp3) is 0.375. The maximum absolute atomic E-state index is 16.5. The number of aromatic amines is 1. The van der Waals surface area contributed by atoms with Gasteiger partial charge in [0, 0.05) is 62.0 Å². The van der Waals surface area contributed by atoms with Crippen LogP contribution in [-0.4, -0.2) is 72.8 Å². The van der Waals surface area contributed by atoms with Crippen molar-refractivity contribution in [3.05, 3.63) is 145 Å². The first-order valence-electron chi connectivity index (χ1n) is 22.4. The van der Waals surface area contributed by atoms with Crippen molar-refractivity contribution < 1.29 is 27.2 Å². The number of rotatable bonds is 8. The Morgan fingerprint density at radius 1 is 0.939 bits per heavy atom. The zero-order chi connectivity index (χ0) is 45.6. The number of aryl methyl sites for hydroxylation is 1. The predicted octanol–water partition coefficient (Wildman–Crippen LogP) is 7.44. The first-order chi connectivity index (χ1) is 31.7. The zero-order valence-corrected chi connectivity index (χ0v) is 36.6. The Bertz CT molecular complexity index is 3450. The van der Waals surface area contributed by atoms with E-state index in [9.17, 15) is 9.59 Å². The number of nitrogens with one attached hydrogen (secondary N) is 1. The van der Waals surface area contributed by atoms with Crippen LogP contribution in [0.2, 0.25) is 0 Å². The number of H-pyrrole nitrogens is 1. The lowest BCUT2D eigenvalue weighted by molar-refractivity contribution is -0.0596. The van der Waals surface area contributed by atoms with Crippen molar-refractivity contribution in [3.63, 3.8) is 0 Å². The van der Waals surface area contributed by atoms with Crippen molar-refractivity contribution >= 4 is 22.3 Å². The highest BCUT2D eigenvalue weighted by molar-refractivity contribution is 5.98. The van der Waals surface area contributed by atoms with E-state index in [4.69, 9.17) is 14.4 Å². The zero-order valence-electron chi connectivity index (χ0n) is 36.6. The normalized spacial score (nSPS) is 20.1. The highest BCUT2D eigenvalue weighted by Crippen LogP contribution is 2.54. The largest absolute Gasteiger partial charge is 0.438 e. The van der Waals surface area contributed by atoms with Crippen molar-refractivity contribution in [2.24, 2.45) is 7.05 Å². The van der Waals surface area contributed by atoms with E-state index in [1.807, 2.05) is 26.8 Å². The molecule has 66 heavy (non-hydrogen) atoms. The molecule has 8 heterocycles. The summed E-state index contributed by atoms with van der Waals surface area (Å²) in [5.74, 6) is -1.91. The minimum Gasteiger partial charge on any atom is -0.376 e. The van der Waals surface area contributed by atoms with Crippen LogP contribution in [0.3, 0.4) is 0 Å². The Morgan fingerprint density at radius 3 is 2.47 bits per heavy atom. The SMILES string of the molecule is C[C@H]1c2c(nn(-c3ccc(F)c(C4CC4)c3)c2-n2ccn(-c3ccc4c(cnn4C)c3F)c2=O)CCN1C(=O)c1cc2cc([C@@H]3CCOC(C)(C)C3)c(F)cn2c1C1(c2noc(=O)[nH]2)CC1. The van der Waals surface area contributed by atoms with Crippen LogP contribution in [0.25, 0.3) is 33.6 Å². The maximum atomic E-state index is 16.5. The predicted molar refractivity (Wildman–Crippen MR) is 234 cm³/mol. The van der Waals surface area contributed by atoms with Crippen LogP contribution in [-0.2, 0) is 23.6 Å². The van der Waals surface area contributed by atoms with Gasteiger partial charge in [0.1, 0.15) is 17.5 Å². The van der Waals surface area contributed by atoms with E-state index in [0.717, 1.165) is 12.8 Å². The van der Waals surface area contributed by atoms with Gasteiger partial charge in [-0.3, -0.25) is 28.1 Å². The van der Waals surface area contributed by atoms with Crippen LogP contribution in [0.5, 0.6) is 0 Å². The fourth-order valence-corrected chi connectivity index (χ4v) is 10.8. The number of ether oxygens (including phenoxy) is 1. The second-order valence-electron chi connectivity index (χ2n) is 19.0. The van der Waals surface area contributed by atoms with Crippen LogP contribution in [0.15, 0.2) is 81.4 Å².